The molecule has 0 spiro atoms. The molecule has 0 saturated heterocycles. The van der Waals surface area contributed by atoms with Crippen molar-refractivity contribution in [3.8, 4) is 5.75 Å². The Morgan fingerprint density at radius 1 is 1.47 bits per heavy atom. The molecule has 2 aromatic rings. The molecule has 0 aliphatic rings. The van der Waals surface area contributed by atoms with Crippen LogP contribution in [-0.2, 0) is 6.61 Å². The molecule has 3 N–H and O–H groups in total. The van der Waals surface area contributed by atoms with Gasteiger partial charge < -0.3 is 4.74 Å². The van der Waals surface area contributed by atoms with Crippen molar-refractivity contribution < 1.29 is 9.53 Å². The van der Waals surface area contributed by atoms with E-state index in [1.54, 1.807) is 12.1 Å². The van der Waals surface area contributed by atoms with Crippen LogP contribution in [0.4, 0.5) is 0 Å². The molecule has 0 aliphatic heterocycles. The highest BCUT2D eigenvalue weighted by molar-refractivity contribution is 7.12. The van der Waals surface area contributed by atoms with Crippen LogP contribution in [0.3, 0.4) is 0 Å². The number of hydrogen-bond donors (Lipinski definition) is 2. The lowest BCUT2D eigenvalue weighted by Gasteiger charge is -2.08. The molecule has 0 aliphatic carbocycles. The number of nitrogens with two attached hydrogens (primary N) is 1. The van der Waals surface area contributed by atoms with Crippen LogP contribution in [0, 0.1) is 6.92 Å². The van der Waals surface area contributed by atoms with E-state index >= 15 is 0 Å². The maximum atomic E-state index is 11.5. The van der Waals surface area contributed by atoms with E-state index in [4.69, 9.17) is 22.2 Å². The summed E-state index contributed by atoms with van der Waals surface area (Å²) in [5.41, 5.74) is 3.88. The van der Waals surface area contributed by atoms with Crippen molar-refractivity contribution in [3.63, 3.8) is 0 Å². The van der Waals surface area contributed by atoms with E-state index in [-0.39, 0.29) is 5.91 Å². The topological polar surface area (TPSA) is 64.3 Å². The van der Waals surface area contributed by atoms with E-state index in [2.05, 4.69) is 5.43 Å². The molecule has 19 heavy (non-hydrogen) atoms. The first-order valence-corrected chi connectivity index (χ1v) is 6.84. The van der Waals surface area contributed by atoms with Crippen LogP contribution >= 0.6 is 22.9 Å². The molecular weight excluding hydrogens is 284 g/mol. The number of thiophene rings is 1. The van der Waals surface area contributed by atoms with E-state index in [0.29, 0.717) is 22.3 Å². The lowest BCUT2D eigenvalue weighted by molar-refractivity contribution is 0.0955. The quantitative estimate of drug-likeness (QED) is 0.518. The lowest BCUT2D eigenvalue weighted by Crippen LogP contribution is -2.30. The summed E-state index contributed by atoms with van der Waals surface area (Å²) < 4.78 is 5.65. The van der Waals surface area contributed by atoms with Crippen molar-refractivity contribution in [1.82, 2.24) is 5.43 Å². The highest BCUT2D eigenvalue weighted by Gasteiger charge is 2.12. The summed E-state index contributed by atoms with van der Waals surface area (Å²) in [4.78, 5) is 12.1. The third-order valence-corrected chi connectivity index (χ3v) is 3.99. The Hall–Kier alpha value is -1.56. The summed E-state index contributed by atoms with van der Waals surface area (Å²) in [6.45, 7) is 2.22. The number of carbonyl (C=O) groups excluding carboxylic acids is 1. The summed E-state index contributed by atoms with van der Waals surface area (Å²) in [6, 6.07) is 7.28. The first-order valence-electron chi connectivity index (χ1n) is 5.58. The molecule has 1 aromatic heterocycles. The molecule has 0 unspecified atom stereocenters. The van der Waals surface area contributed by atoms with Gasteiger partial charge in [0.15, 0.2) is 0 Å². The fraction of sp³-hybridized carbons (Fsp3) is 0.154. The zero-order valence-corrected chi connectivity index (χ0v) is 11.8. The minimum absolute atomic E-state index is 0.305. The molecule has 1 amide bonds. The van der Waals surface area contributed by atoms with Crippen LogP contribution in [0.2, 0.25) is 5.02 Å². The van der Waals surface area contributed by atoms with Gasteiger partial charge in [0, 0.05) is 10.6 Å². The third-order valence-electron chi connectivity index (χ3n) is 2.61. The van der Waals surface area contributed by atoms with Gasteiger partial charge in [-0.25, -0.2) is 5.84 Å². The van der Waals surface area contributed by atoms with Crippen molar-refractivity contribution >= 4 is 28.8 Å². The van der Waals surface area contributed by atoms with Crippen molar-refractivity contribution in [3.05, 3.63) is 50.7 Å². The molecule has 2 rings (SSSR count). The fourth-order valence-corrected chi connectivity index (χ4v) is 2.51. The average molecular weight is 297 g/mol. The number of halogens is 1. The molecule has 0 saturated carbocycles. The Morgan fingerprint density at radius 3 is 2.95 bits per heavy atom. The van der Waals surface area contributed by atoms with Crippen LogP contribution in [0.15, 0.2) is 29.6 Å². The van der Waals surface area contributed by atoms with Gasteiger partial charge in [0.25, 0.3) is 5.91 Å². The van der Waals surface area contributed by atoms with Gasteiger partial charge in [-0.2, -0.15) is 0 Å². The number of amides is 1. The fourth-order valence-electron chi connectivity index (χ4n) is 1.58. The molecule has 0 radical (unpaired) electrons. The minimum Gasteiger partial charge on any atom is -0.489 e. The molecule has 100 valence electrons. The SMILES string of the molecule is Cc1cc(OCc2ccsc2C(=O)NN)ccc1Cl. The molecule has 6 heteroatoms. The van der Waals surface area contributed by atoms with Crippen LogP contribution in [0.1, 0.15) is 20.8 Å². The Kier molecular flexibility index (Phi) is 4.42. The van der Waals surface area contributed by atoms with Crippen molar-refractivity contribution in [1.29, 1.82) is 0 Å². The normalized spacial score (nSPS) is 10.3. The largest absolute Gasteiger partial charge is 0.489 e. The highest BCUT2D eigenvalue weighted by atomic mass is 35.5. The van der Waals surface area contributed by atoms with E-state index < -0.39 is 0 Å². The van der Waals surface area contributed by atoms with Crippen molar-refractivity contribution in [2.45, 2.75) is 13.5 Å². The second-order valence-electron chi connectivity index (χ2n) is 3.95. The van der Waals surface area contributed by atoms with Gasteiger partial charge in [-0.1, -0.05) is 11.6 Å². The van der Waals surface area contributed by atoms with Crippen LogP contribution in [0.25, 0.3) is 0 Å². The molecule has 4 nitrogen and oxygen atoms in total. The first kappa shape index (κ1) is 13.9. The zero-order valence-electron chi connectivity index (χ0n) is 10.3. The number of hydrazine groups is 1. The molecule has 1 heterocycles. The number of hydrogen-bond acceptors (Lipinski definition) is 4. The third kappa shape index (κ3) is 3.26. The molecule has 1 aromatic carbocycles. The number of rotatable bonds is 4. The van der Waals surface area contributed by atoms with Gasteiger partial charge in [-0.3, -0.25) is 10.2 Å². The summed E-state index contributed by atoms with van der Waals surface area (Å²) in [5, 5.41) is 2.53. The Morgan fingerprint density at radius 2 is 2.26 bits per heavy atom. The monoisotopic (exact) mass is 296 g/mol. The maximum absolute atomic E-state index is 11.5. The molecule has 0 bridgehead atoms. The van der Waals surface area contributed by atoms with Crippen LogP contribution in [0.5, 0.6) is 5.75 Å². The zero-order chi connectivity index (χ0) is 13.8. The van der Waals surface area contributed by atoms with E-state index in [9.17, 15) is 4.79 Å². The Balaban J connectivity index is 2.08. The van der Waals surface area contributed by atoms with E-state index in [1.165, 1.54) is 11.3 Å². The second kappa shape index (κ2) is 6.06. The van der Waals surface area contributed by atoms with Crippen molar-refractivity contribution in [2.75, 3.05) is 0 Å². The standard InChI is InChI=1S/C13H13ClN2O2S/c1-8-6-10(2-3-11(8)14)18-7-9-4-5-19-12(9)13(17)16-15/h2-6H,7,15H2,1H3,(H,16,17). The van der Waals surface area contributed by atoms with Gasteiger partial charge in [0.05, 0.1) is 4.88 Å². The number of nitrogens with one attached hydrogen (secondary N) is 1. The number of nitrogen functional groups attached to an aromatic ring is 1. The van der Waals surface area contributed by atoms with E-state index in [0.717, 1.165) is 11.1 Å². The molecule has 0 fully saturated rings. The van der Waals surface area contributed by atoms with E-state index in [1.807, 2.05) is 24.4 Å². The van der Waals surface area contributed by atoms with Gasteiger partial charge in [-0.15, -0.1) is 11.3 Å². The minimum atomic E-state index is -0.305. The summed E-state index contributed by atoms with van der Waals surface area (Å²) in [6.07, 6.45) is 0. The highest BCUT2D eigenvalue weighted by Crippen LogP contribution is 2.23. The second-order valence-corrected chi connectivity index (χ2v) is 5.27. The summed E-state index contributed by atoms with van der Waals surface area (Å²) in [5.74, 6) is 5.54. The predicted octanol–water partition coefficient (Wildman–Crippen LogP) is 2.89. The van der Waals surface area contributed by atoms with Gasteiger partial charge >= 0.3 is 0 Å². The van der Waals surface area contributed by atoms with Gasteiger partial charge in [0.2, 0.25) is 0 Å². The molecule has 0 atom stereocenters. The van der Waals surface area contributed by atoms with Crippen molar-refractivity contribution in [2.24, 2.45) is 5.84 Å². The predicted molar refractivity (Wildman–Crippen MR) is 76.5 cm³/mol. The first-order chi connectivity index (χ1) is 9.11. The number of benzene rings is 1. The van der Waals surface area contributed by atoms with Gasteiger partial charge in [0.1, 0.15) is 12.4 Å². The van der Waals surface area contributed by atoms with Crippen LogP contribution < -0.4 is 16.0 Å². The average Bonchev–Trinajstić information content (AvgIpc) is 2.87. The number of aryl methyl sites for hydroxylation is 1. The Bertz CT molecular complexity index is 598. The summed E-state index contributed by atoms with van der Waals surface area (Å²) >= 11 is 7.28. The molecular formula is C13H13ClN2O2S. The number of ether oxygens (including phenoxy) is 1. The number of carbonyl (C=O) groups is 1. The van der Waals surface area contributed by atoms with Gasteiger partial charge in [-0.05, 0) is 42.1 Å². The smallest absolute Gasteiger partial charge is 0.275 e. The summed E-state index contributed by atoms with van der Waals surface area (Å²) in [7, 11) is 0. The van der Waals surface area contributed by atoms with Crippen LogP contribution in [-0.4, -0.2) is 5.91 Å². The lowest BCUT2D eigenvalue weighted by atomic mass is 10.2. The Labute approximate surface area is 120 Å². The maximum Gasteiger partial charge on any atom is 0.275 e.